The smallest absolute Gasteiger partial charge is 0.329 e. The number of methoxy groups -OCH3 is 1. The minimum absolute atomic E-state index is 0. The van der Waals surface area contributed by atoms with Gasteiger partial charge in [-0.3, -0.25) is 57.0 Å². The molecule has 0 atom stereocenters. The Morgan fingerprint density at radius 1 is 0.620 bits per heavy atom. The van der Waals surface area contributed by atoms with Crippen LogP contribution in [0, 0.1) is 55.9 Å². The molecule has 0 fully saturated rings. The van der Waals surface area contributed by atoms with Crippen LogP contribution in [0.4, 0.5) is 0 Å². The van der Waals surface area contributed by atoms with Gasteiger partial charge in [-0.2, -0.15) is 0 Å². The summed E-state index contributed by atoms with van der Waals surface area (Å²) in [6, 6.07) is 0. The Labute approximate surface area is 528 Å². The molecule has 0 unspecified atom stereocenters. The van der Waals surface area contributed by atoms with Gasteiger partial charge in [-0.05, 0) is 76.1 Å². The minimum atomic E-state index is -0.955. The molecule has 0 aromatic carbocycles. The molecule has 1 aliphatic carbocycles. The molecule has 5 heterocycles. The Bertz CT molecular complexity index is 1450. The Morgan fingerprint density at radius 2 is 1.03 bits per heavy atom. The Balaban J connectivity index is -0.0000000725. The predicted molar refractivity (Wildman–Crippen MR) is 263 cm³/mol. The maximum atomic E-state index is 10.6. The molecule has 2 N–H and O–H groups in total. The van der Waals surface area contributed by atoms with Crippen molar-refractivity contribution in [3.8, 4) is 0 Å². The molecule has 0 aromatic heterocycles. The van der Waals surface area contributed by atoms with Gasteiger partial charge in [0.15, 0.2) is 5.78 Å². The average molecular weight is 1300 g/mol. The second-order valence-corrected chi connectivity index (χ2v) is 12.3. The summed E-state index contributed by atoms with van der Waals surface area (Å²) in [7, 11) is 15.5. The molecule has 0 spiro atoms. The largest absolute Gasteiger partial charge is 0.492 e. The van der Waals surface area contributed by atoms with Crippen molar-refractivity contribution in [2.45, 2.75) is 53.9 Å². The van der Waals surface area contributed by atoms with Crippen molar-refractivity contribution in [2.24, 2.45) is 0 Å². The number of carboxylic acid groups (broad SMARTS) is 1. The van der Waals surface area contributed by atoms with E-state index in [1.165, 1.54) is 37.8 Å². The number of aliphatic carboxylic acids is 1. The minimum Gasteiger partial charge on any atom is -0.492 e. The number of carbonyl (C=O) groups excluding carboxylic acids is 7. The quantitative estimate of drug-likeness (QED) is 0.177. The van der Waals surface area contributed by atoms with Gasteiger partial charge in [0.05, 0.1) is 6.61 Å². The monoisotopic (exact) mass is 1300 g/mol. The van der Waals surface area contributed by atoms with Gasteiger partial charge in [0.2, 0.25) is 29.5 Å². The van der Waals surface area contributed by atoms with E-state index in [1.54, 1.807) is 43.6 Å². The van der Waals surface area contributed by atoms with Crippen LogP contribution in [-0.4, -0.2) is 158 Å². The molecule has 6 rings (SSSR count). The molecular formula is C49H79N5O13Y4-8. The Kier molecular flexibility index (Phi) is 92.4. The van der Waals surface area contributed by atoms with Gasteiger partial charge < -0.3 is 81.5 Å². The third-order valence-corrected chi connectivity index (χ3v) is 7.09. The molecule has 4 radical (unpaired) electrons. The maximum absolute atomic E-state index is 10.6. The molecular weight excluding hydrogens is 1220 g/mol. The first-order valence-corrected chi connectivity index (χ1v) is 20.3. The third-order valence-electron chi connectivity index (χ3n) is 7.09. The van der Waals surface area contributed by atoms with E-state index in [9.17, 15) is 38.4 Å². The second kappa shape index (κ2) is 70.9. The molecule has 0 bridgehead atoms. The summed E-state index contributed by atoms with van der Waals surface area (Å²) >= 11 is 0. The van der Waals surface area contributed by atoms with Crippen LogP contribution in [0.15, 0.2) is 72.9 Å². The third kappa shape index (κ3) is 71.0. The zero-order valence-corrected chi connectivity index (χ0v) is 52.0. The van der Waals surface area contributed by atoms with Crippen LogP contribution < -0.4 is 5.32 Å². The fourth-order valence-electron chi connectivity index (χ4n) is 3.72. The van der Waals surface area contributed by atoms with E-state index in [2.05, 4.69) is 75.4 Å². The molecule has 5 aliphatic heterocycles. The number of ether oxygens (including phenoxy) is 4. The fraction of sp³-hybridized carbons (Fsp3) is 0.429. The van der Waals surface area contributed by atoms with Crippen LogP contribution in [-0.2, 0) is 188 Å². The number of hydrogen-bond acceptors (Lipinski definition) is 12. The van der Waals surface area contributed by atoms with Gasteiger partial charge in [-0.15, -0.1) is 0 Å². The van der Waals surface area contributed by atoms with Gasteiger partial charge in [0.1, 0.15) is 12.9 Å². The normalized spacial score (nSPS) is 14.3. The van der Waals surface area contributed by atoms with Crippen LogP contribution in [0.1, 0.15) is 53.9 Å². The van der Waals surface area contributed by atoms with Gasteiger partial charge >= 0.3 is 5.97 Å². The second-order valence-electron chi connectivity index (χ2n) is 12.3. The van der Waals surface area contributed by atoms with E-state index in [4.69, 9.17) is 9.84 Å². The Hall–Kier alpha value is -1.14. The van der Waals surface area contributed by atoms with Crippen LogP contribution in [0.3, 0.4) is 0 Å². The maximum Gasteiger partial charge on any atom is 0.329 e. The summed E-state index contributed by atoms with van der Waals surface area (Å²) in [5, 5.41) is 10.5. The number of hydrogen-bond donors (Lipinski definition) is 2. The number of carbonyl (C=O) groups is 8. The first-order chi connectivity index (χ1) is 31.0. The van der Waals surface area contributed by atoms with Crippen molar-refractivity contribution in [1.29, 1.82) is 0 Å². The molecule has 6 aliphatic rings. The number of amides is 5. The SMILES string of the molecule is C.C.O=C1C=CCCC1.O=C1C=CCN1.[CH2-]COC.[CH2-]COCC.[CH2-]COCC(=O)O.[CH2-]COCC=O.[CH2-]N1CC=CC1=O.[CH2-]N1CC=CC1=O.[CH2-]N1CCC=CC1=O.[CH2-]N1CCC=CC1=O.[Y].[Y].[Y].[Y]. The number of nitrogens with zero attached hydrogens (tertiary/aromatic N) is 4. The summed E-state index contributed by atoms with van der Waals surface area (Å²) in [6.07, 6.45) is 25.9. The first kappa shape index (κ1) is 92.4. The van der Waals surface area contributed by atoms with E-state index >= 15 is 0 Å². The van der Waals surface area contributed by atoms with Gasteiger partial charge in [-0.25, -0.2) is 4.79 Å². The molecule has 71 heavy (non-hydrogen) atoms. The topological polar surface area (TPSA) is 219 Å². The van der Waals surface area contributed by atoms with Crippen molar-refractivity contribution < 1.29 is 193 Å². The average Bonchev–Trinajstić information content (AvgIpc) is 4.05. The molecule has 398 valence electrons. The van der Waals surface area contributed by atoms with E-state index in [-0.39, 0.29) is 201 Å². The molecule has 0 saturated heterocycles. The zero-order chi connectivity index (χ0) is 50.1. The van der Waals surface area contributed by atoms with Gasteiger partial charge in [0.25, 0.3) is 0 Å². The standard InChI is InChI=1S/2C6H8NO.C6H8O.2C5H6NO.C4H5NO.C4H7O3.C4H7O2.C4H9O.C3H7O.2CH4.4Y/c2*1-7-5-3-2-4-6(7)8;7-6-4-2-1-3-5-6;2*1-6-4-2-3-5(6)7;6-4-2-1-3-5-4;1-2-7-3-4(5)6;1-2-6-4-3-5;1-3-5-4-2;1-3-4-2;;;;;;/h2*2,4H,1,3,5H2;2,4H,1,3,5H2;2*2-3H,1,4H2;1-2H,3H2,(H,5,6);1-3H2,(H,5,6);3H,1-2,4H2;1,3-4H2,2H3;1,3H2,2H3;2*1H4;;;;/q2*-1;;2*-1;;4*-1;;;;;;. The number of ketones is 1. The fourth-order valence-corrected chi connectivity index (χ4v) is 3.72. The van der Waals surface area contributed by atoms with Crippen LogP contribution in [0.5, 0.6) is 0 Å². The molecule has 22 heteroatoms. The summed E-state index contributed by atoms with van der Waals surface area (Å²) in [5.74, 6) is -0.627. The van der Waals surface area contributed by atoms with E-state index < -0.39 is 5.97 Å². The van der Waals surface area contributed by atoms with Crippen molar-refractivity contribution in [2.75, 3.05) is 86.1 Å². The predicted octanol–water partition coefficient (Wildman–Crippen LogP) is 5.00. The number of aldehydes is 1. The summed E-state index contributed by atoms with van der Waals surface area (Å²) in [6.45, 7) is 21.4. The molecule has 5 amide bonds. The number of carboxylic acids is 1. The van der Waals surface area contributed by atoms with Crippen LogP contribution in [0.2, 0.25) is 0 Å². The van der Waals surface area contributed by atoms with E-state index in [1.807, 2.05) is 25.2 Å². The van der Waals surface area contributed by atoms with Crippen molar-refractivity contribution in [3.05, 3.63) is 129 Å². The van der Waals surface area contributed by atoms with Gasteiger partial charge in [-0.1, -0.05) is 77.7 Å². The number of rotatable bonds is 9. The van der Waals surface area contributed by atoms with Crippen molar-refractivity contribution in [1.82, 2.24) is 24.9 Å². The number of allylic oxidation sites excluding steroid dienone is 2. The van der Waals surface area contributed by atoms with Crippen molar-refractivity contribution in [3.63, 3.8) is 0 Å². The van der Waals surface area contributed by atoms with Gasteiger partial charge in [0, 0.05) is 177 Å². The molecule has 0 aromatic rings. The van der Waals surface area contributed by atoms with E-state index in [0.29, 0.717) is 45.7 Å². The first-order valence-electron chi connectivity index (χ1n) is 20.3. The number of nitrogens with one attached hydrogen (secondary N) is 1. The summed E-state index contributed by atoms with van der Waals surface area (Å²) in [4.78, 5) is 87.0. The summed E-state index contributed by atoms with van der Waals surface area (Å²) in [5.41, 5.74) is 0. The Morgan fingerprint density at radius 3 is 1.15 bits per heavy atom. The zero-order valence-electron chi connectivity index (χ0n) is 40.6. The summed E-state index contributed by atoms with van der Waals surface area (Å²) < 4.78 is 18.0. The van der Waals surface area contributed by atoms with Crippen LogP contribution in [0.25, 0.3) is 0 Å². The van der Waals surface area contributed by atoms with Crippen molar-refractivity contribution >= 4 is 47.6 Å². The van der Waals surface area contributed by atoms with E-state index in [0.717, 1.165) is 51.8 Å². The molecule has 18 nitrogen and oxygen atoms in total. The molecule has 0 saturated carbocycles. The van der Waals surface area contributed by atoms with Crippen LogP contribution >= 0.6 is 0 Å².